The number of ether oxygens (including phenoxy) is 4. The molecule has 0 radical (unpaired) electrons. The largest absolute Gasteiger partial charge is 0.454 e. The quantitative estimate of drug-likeness (QED) is 0.433. The minimum absolute atomic E-state index is 0.0185. The van der Waals surface area contributed by atoms with E-state index in [4.69, 9.17) is 18.9 Å². The molecular weight excluding hydrogens is 418 g/mol. The second-order valence-corrected chi connectivity index (χ2v) is 6.92. The van der Waals surface area contributed by atoms with E-state index in [1.807, 2.05) is 0 Å². The van der Waals surface area contributed by atoms with Crippen molar-refractivity contribution in [3.05, 3.63) is 16.7 Å². The Morgan fingerprint density at radius 2 is 1.84 bits per heavy atom. The van der Waals surface area contributed by atoms with Gasteiger partial charge in [-0.3, -0.25) is 34.0 Å². The van der Waals surface area contributed by atoms with Crippen LogP contribution in [0.15, 0.2) is 11.1 Å². The number of fused-ring (bicyclic) bond motifs is 2. The molecule has 31 heavy (non-hydrogen) atoms. The topological polar surface area (TPSA) is 181 Å². The van der Waals surface area contributed by atoms with E-state index in [1.165, 1.54) is 17.8 Å². The molecule has 0 aromatic carbocycles. The van der Waals surface area contributed by atoms with Gasteiger partial charge in [0.15, 0.2) is 29.6 Å². The molecule has 14 nitrogen and oxygen atoms in total. The Hall–Kier alpha value is -3.81. The number of carbonyl (C=O) groups is 4. The third-order valence-corrected chi connectivity index (χ3v) is 4.60. The molecule has 2 aromatic heterocycles. The van der Waals surface area contributed by atoms with Crippen molar-refractivity contribution in [2.24, 2.45) is 0 Å². The van der Waals surface area contributed by atoms with Gasteiger partial charge >= 0.3 is 17.9 Å². The number of esters is 3. The maximum Gasteiger partial charge on any atom is 0.350 e. The molecule has 2 aliphatic rings. The highest BCUT2D eigenvalue weighted by Crippen LogP contribution is 2.41. The number of anilines is 1. The number of aromatic nitrogens is 4. The molecule has 2 saturated heterocycles. The van der Waals surface area contributed by atoms with Crippen LogP contribution in [0.2, 0.25) is 0 Å². The molecule has 0 spiro atoms. The van der Waals surface area contributed by atoms with E-state index in [0.29, 0.717) is 0 Å². The van der Waals surface area contributed by atoms with Gasteiger partial charge in [0, 0.05) is 20.8 Å². The number of carbonyl (C=O) groups excluding carboxylic acids is 4. The van der Waals surface area contributed by atoms with Gasteiger partial charge in [0.05, 0.1) is 6.33 Å². The first-order valence-electron chi connectivity index (χ1n) is 9.10. The molecule has 2 aromatic rings. The summed E-state index contributed by atoms with van der Waals surface area (Å²) < 4.78 is 22.8. The number of hydrogen-bond acceptors (Lipinski definition) is 11. The van der Waals surface area contributed by atoms with E-state index < -0.39 is 60.0 Å². The molecule has 1 amide bonds. The van der Waals surface area contributed by atoms with Gasteiger partial charge in [-0.1, -0.05) is 0 Å². The number of rotatable bonds is 4. The lowest BCUT2D eigenvalue weighted by Crippen LogP contribution is -2.36. The summed E-state index contributed by atoms with van der Waals surface area (Å²) >= 11 is 0. The number of H-pyrrole nitrogens is 1. The van der Waals surface area contributed by atoms with Crippen LogP contribution in [0.4, 0.5) is 5.95 Å². The molecule has 2 N–H and O–H groups in total. The highest BCUT2D eigenvalue weighted by atomic mass is 16.7. The Morgan fingerprint density at radius 1 is 1.13 bits per heavy atom. The van der Waals surface area contributed by atoms with Crippen LogP contribution in [-0.4, -0.2) is 67.7 Å². The van der Waals surface area contributed by atoms with Crippen LogP contribution < -0.4 is 10.9 Å². The van der Waals surface area contributed by atoms with Crippen molar-refractivity contribution in [1.82, 2.24) is 19.5 Å². The average Bonchev–Trinajstić information content (AvgIpc) is 3.29. The van der Waals surface area contributed by atoms with Gasteiger partial charge in [-0.05, 0) is 0 Å². The monoisotopic (exact) mass is 435 g/mol. The summed E-state index contributed by atoms with van der Waals surface area (Å²) in [5.74, 6) is -2.83. The van der Waals surface area contributed by atoms with Crippen LogP contribution in [0.3, 0.4) is 0 Å². The Bertz CT molecular complexity index is 1150. The molecule has 0 aliphatic carbocycles. The van der Waals surface area contributed by atoms with Gasteiger partial charge in [0.1, 0.15) is 6.10 Å². The molecule has 2 fully saturated rings. The zero-order valence-electron chi connectivity index (χ0n) is 16.5. The predicted molar refractivity (Wildman–Crippen MR) is 97.4 cm³/mol. The van der Waals surface area contributed by atoms with Gasteiger partial charge in [0.2, 0.25) is 18.0 Å². The molecule has 4 heterocycles. The van der Waals surface area contributed by atoms with Gasteiger partial charge in [-0.2, -0.15) is 4.98 Å². The average molecular weight is 435 g/mol. The number of nitrogens with zero attached hydrogens (tertiary/aromatic N) is 3. The molecule has 5 atom stereocenters. The van der Waals surface area contributed by atoms with Crippen LogP contribution >= 0.6 is 0 Å². The Kier molecular flexibility index (Phi) is 4.93. The summed E-state index contributed by atoms with van der Waals surface area (Å²) in [6.45, 7) is 3.53. The molecule has 0 unspecified atom stereocenters. The number of hydrogen-bond donors (Lipinski definition) is 2. The highest BCUT2D eigenvalue weighted by molar-refractivity contribution is 5.87. The van der Waals surface area contributed by atoms with Crippen molar-refractivity contribution in [3.8, 4) is 0 Å². The van der Waals surface area contributed by atoms with Gasteiger partial charge < -0.3 is 18.9 Å². The molecular formula is C17H17N5O9. The third kappa shape index (κ3) is 3.61. The smallest absolute Gasteiger partial charge is 0.350 e. The molecule has 14 heteroatoms. The molecule has 0 saturated carbocycles. The molecule has 2 aliphatic heterocycles. The molecule has 164 valence electrons. The maximum atomic E-state index is 12.3. The predicted octanol–water partition coefficient (Wildman–Crippen LogP) is -1.24. The van der Waals surface area contributed by atoms with E-state index in [1.54, 1.807) is 0 Å². The lowest BCUT2D eigenvalue weighted by atomic mass is 10.1. The Labute approximate surface area is 172 Å². The SMILES string of the molecule is CC(=O)Nc1nc2c(ncn2[C@@H]2O[C@H]3[C@H](OC(=O)[C@H]3OC(C)=O)[C@@H]2OC(C)=O)c(=O)[nH]1. The van der Waals surface area contributed by atoms with Crippen molar-refractivity contribution >= 4 is 40.9 Å². The Balaban J connectivity index is 1.76. The zero-order chi connectivity index (χ0) is 22.4. The van der Waals surface area contributed by atoms with Crippen LogP contribution in [0.1, 0.15) is 27.0 Å². The minimum atomic E-state index is -1.35. The van der Waals surface area contributed by atoms with Crippen LogP contribution in [0, 0.1) is 0 Å². The lowest BCUT2D eigenvalue weighted by molar-refractivity contribution is -0.174. The summed E-state index contributed by atoms with van der Waals surface area (Å²) in [6, 6.07) is 0. The zero-order valence-corrected chi connectivity index (χ0v) is 16.5. The van der Waals surface area contributed by atoms with E-state index in [-0.39, 0.29) is 17.1 Å². The molecule has 4 rings (SSSR count). The first-order chi connectivity index (χ1) is 14.7. The fourth-order valence-electron chi connectivity index (χ4n) is 3.55. The number of imidazole rings is 1. The third-order valence-electron chi connectivity index (χ3n) is 4.60. The second-order valence-electron chi connectivity index (χ2n) is 6.92. The fraction of sp³-hybridized carbons (Fsp3) is 0.471. The van der Waals surface area contributed by atoms with Crippen LogP contribution in [0.25, 0.3) is 11.2 Å². The number of aromatic amines is 1. The first kappa shape index (κ1) is 20.5. The lowest BCUT2D eigenvalue weighted by Gasteiger charge is -2.22. The van der Waals surface area contributed by atoms with Gasteiger partial charge in [-0.25, -0.2) is 9.78 Å². The molecule has 0 bridgehead atoms. The normalized spacial score (nSPS) is 26.9. The van der Waals surface area contributed by atoms with E-state index in [2.05, 4.69) is 20.3 Å². The van der Waals surface area contributed by atoms with Gasteiger partial charge in [-0.15, -0.1) is 0 Å². The summed E-state index contributed by atoms with van der Waals surface area (Å²) in [6.07, 6.45) is -4.52. The summed E-state index contributed by atoms with van der Waals surface area (Å²) in [5, 5.41) is 2.36. The fourth-order valence-corrected chi connectivity index (χ4v) is 3.55. The first-order valence-corrected chi connectivity index (χ1v) is 9.10. The van der Waals surface area contributed by atoms with E-state index in [9.17, 15) is 24.0 Å². The summed E-state index contributed by atoms with van der Waals surface area (Å²) in [4.78, 5) is 69.4. The summed E-state index contributed by atoms with van der Waals surface area (Å²) in [7, 11) is 0. The maximum absolute atomic E-state index is 12.3. The van der Waals surface area contributed by atoms with Crippen molar-refractivity contribution in [3.63, 3.8) is 0 Å². The van der Waals surface area contributed by atoms with Crippen molar-refractivity contribution in [2.75, 3.05) is 5.32 Å². The second kappa shape index (κ2) is 7.46. The summed E-state index contributed by atoms with van der Waals surface area (Å²) in [5.41, 5.74) is -0.672. The van der Waals surface area contributed by atoms with Crippen molar-refractivity contribution < 1.29 is 38.1 Å². The van der Waals surface area contributed by atoms with Crippen molar-refractivity contribution in [2.45, 2.75) is 51.4 Å². The minimum Gasteiger partial charge on any atom is -0.454 e. The number of nitrogens with one attached hydrogen (secondary N) is 2. The Morgan fingerprint density at radius 3 is 2.48 bits per heavy atom. The van der Waals surface area contributed by atoms with E-state index in [0.717, 1.165) is 13.8 Å². The standard InChI is InChI=1S/C17H17N5O9/c1-5(23)19-17-20-13-8(14(26)21-17)18-4-22(13)15-11(28-6(2)24)9-10(30-15)12(16(27)31-9)29-7(3)25/h4,9-12,15H,1-3H3,(H2,19,20,21,23,26)/t9-,10-,11-,12-,15+/m0/s1. The number of amides is 1. The van der Waals surface area contributed by atoms with E-state index >= 15 is 0 Å². The van der Waals surface area contributed by atoms with Crippen molar-refractivity contribution in [1.29, 1.82) is 0 Å². The van der Waals surface area contributed by atoms with Gasteiger partial charge in [0.25, 0.3) is 5.56 Å². The van der Waals surface area contributed by atoms with Crippen LogP contribution in [-0.2, 0) is 38.1 Å². The highest BCUT2D eigenvalue weighted by Gasteiger charge is 2.61. The van der Waals surface area contributed by atoms with Crippen LogP contribution in [0.5, 0.6) is 0 Å².